The molecule has 0 aliphatic carbocycles. The van der Waals surface area contributed by atoms with E-state index in [9.17, 15) is 0 Å². The highest BCUT2D eigenvalue weighted by Crippen LogP contribution is 2.20. The summed E-state index contributed by atoms with van der Waals surface area (Å²) in [6.45, 7) is 1.90. The number of hydrogen-bond donors (Lipinski definition) is 2. The zero-order chi connectivity index (χ0) is 10.1. The Bertz CT molecular complexity index is 448. The van der Waals surface area contributed by atoms with E-state index in [4.69, 9.17) is 10.5 Å². The predicted octanol–water partition coefficient (Wildman–Crippen LogP) is 1.59. The minimum absolute atomic E-state index is 0.0756. The second kappa shape index (κ2) is 3.31. The van der Waals surface area contributed by atoms with Gasteiger partial charge in [0.2, 0.25) is 0 Å². The third-order valence-electron chi connectivity index (χ3n) is 2.14. The minimum atomic E-state index is -0.0756. The quantitative estimate of drug-likeness (QED) is 0.757. The molecule has 14 heavy (non-hydrogen) atoms. The van der Waals surface area contributed by atoms with Crippen molar-refractivity contribution in [3.05, 3.63) is 24.0 Å². The topological polar surface area (TPSA) is 63.9 Å². The summed E-state index contributed by atoms with van der Waals surface area (Å²) < 4.78 is 5.11. The maximum atomic E-state index is 5.72. The van der Waals surface area contributed by atoms with Crippen LogP contribution in [0.5, 0.6) is 5.75 Å². The molecule has 0 bridgehead atoms. The maximum absolute atomic E-state index is 5.72. The lowest BCUT2D eigenvalue weighted by Crippen LogP contribution is -2.06. The van der Waals surface area contributed by atoms with Crippen LogP contribution >= 0.6 is 0 Å². The van der Waals surface area contributed by atoms with Crippen LogP contribution in [0.25, 0.3) is 11.0 Å². The van der Waals surface area contributed by atoms with Gasteiger partial charge in [0.1, 0.15) is 11.6 Å². The summed E-state index contributed by atoms with van der Waals surface area (Å²) in [4.78, 5) is 7.51. The van der Waals surface area contributed by atoms with Crippen LogP contribution in [0.3, 0.4) is 0 Å². The van der Waals surface area contributed by atoms with Crippen molar-refractivity contribution in [1.29, 1.82) is 0 Å². The average molecular weight is 191 g/mol. The first-order chi connectivity index (χ1) is 6.70. The molecule has 74 valence electrons. The summed E-state index contributed by atoms with van der Waals surface area (Å²) in [7, 11) is 1.64. The van der Waals surface area contributed by atoms with Gasteiger partial charge < -0.3 is 15.5 Å². The van der Waals surface area contributed by atoms with Crippen LogP contribution in [0, 0.1) is 0 Å². The number of rotatable bonds is 2. The number of benzene rings is 1. The van der Waals surface area contributed by atoms with Gasteiger partial charge in [-0.1, -0.05) is 0 Å². The van der Waals surface area contributed by atoms with Crippen LogP contribution in [0.2, 0.25) is 0 Å². The fraction of sp³-hybridized carbons (Fsp3) is 0.300. The Labute approximate surface area is 82.1 Å². The summed E-state index contributed by atoms with van der Waals surface area (Å²) in [5.74, 6) is 1.62. The van der Waals surface area contributed by atoms with E-state index in [0.717, 1.165) is 22.6 Å². The van der Waals surface area contributed by atoms with E-state index in [1.54, 1.807) is 7.11 Å². The number of aromatic nitrogens is 2. The molecule has 1 atom stereocenters. The van der Waals surface area contributed by atoms with E-state index >= 15 is 0 Å². The Balaban J connectivity index is 2.54. The number of ether oxygens (including phenoxy) is 1. The molecule has 2 rings (SSSR count). The number of aromatic amines is 1. The number of methoxy groups -OCH3 is 1. The number of imidazole rings is 1. The maximum Gasteiger partial charge on any atom is 0.123 e. The van der Waals surface area contributed by atoms with Crippen LogP contribution < -0.4 is 10.5 Å². The van der Waals surface area contributed by atoms with Crippen molar-refractivity contribution in [2.75, 3.05) is 7.11 Å². The first-order valence-electron chi connectivity index (χ1n) is 4.50. The van der Waals surface area contributed by atoms with Crippen LogP contribution in [0.1, 0.15) is 18.8 Å². The van der Waals surface area contributed by atoms with Crippen molar-refractivity contribution in [3.8, 4) is 5.75 Å². The number of fused-ring (bicyclic) bond motifs is 1. The molecule has 0 radical (unpaired) electrons. The van der Waals surface area contributed by atoms with Gasteiger partial charge in [-0.05, 0) is 19.1 Å². The van der Waals surface area contributed by atoms with Crippen LogP contribution in [0.4, 0.5) is 0 Å². The van der Waals surface area contributed by atoms with Gasteiger partial charge in [-0.3, -0.25) is 0 Å². The molecule has 1 heterocycles. The summed E-state index contributed by atoms with van der Waals surface area (Å²) in [6, 6.07) is 5.63. The molecule has 1 unspecified atom stereocenters. The molecule has 2 aromatic rings. The Morgan fingerprint density at radius 2 is 2.29 bits per heavy atom. The molecule has 0 amide bonds. The highest BCUT2D eigenvalue weighted by atomic mass is 16.5. The van der Waals surface area contributed by atoms with E-state index in [0.29, 0.717) is 0 Å². The third kappa shape index (κ3) is 1.44. The number of hydrogen-bond acceptors (Lipinski definition) is 3. The van der Waals surface area contributed by atoms with Gasteiger partial charge in [0, 0.05) is 6.07 Å². The van der Waals surface area contributed by atoms with E-state index in [-0.39, 0.29) is 6.04 Å². The zero-order valence-electron chi connectivity index (χ0n) is 8.24. The van der Waals surface area contributed by atoms with Crippen molar-refractivity contribution in [2.24, 2.45) is 5.73 Å². The number of H-pyrrole nitrogens is 1. The minimum Gasteiger partial charge on any atom is -0.497 e. The number of nitrogens with zero attached hydrogens (tertiary/aromatic N) is 1. The highest BCUT2D eigenvalue weighted by Gasteiger charge is 2.06. The predicted molar refractivity (Wildman–Crippen MR) is 55.2 cm³/mol. The van der Waals surface area contributed by atoms with Crippen molar-refractivity contribution in [3.63, 3.8) is 0 Å². The molecule has 0 spiro atoms. The SMILES string of the molecule is COc1ccc2nc(C(C)N)[nH]c2c1. The van der Waals surface area contributed by atoms with Crippen molar-refractivity contribution in [2.45, 2.75) is 13.0 Å². The summed E-state index contributed by atoms with van der Waals surface area (Å²) in [5, 5.41) is 0. The van der Waals surface area contributed by atoms with Crippen LogP contribution in [0.15, 0.2) is 18.2 Å². The van der Waals surface area contributed by atoms with Crippen LogP contribution in [-0.2, 0) is 0 Å². The van der Waals surface area contributed by atoms with Crippen LogP contribution in [-0.4, -0.2) is 17.1 Å². The first-order valence-corrected chi connectivity index (χ1v) is 4.50. The van der Waals surface area contributed by atoms with E-state index in [1.807, 2.05) is 25.1 Å². The third-order valence-corrected chi connectivity index (χ3v) is 2.14. The first kappa shape index (κ1) is 9.02. The van der Waals surface area contributed by atoms with Gasteiger partial charge >= 0.3 is 0 Å². The molecular weight excluding hydrogens is 178 g/mol. The monoisotopic (exact) mass is 191 g/mol. The molecule has 0 fully saturated rings. The van der Waals surface area contributed by atoms with E-state index in [1.165, 1.54) is 0 Å². The normalized spacial score (nSPS) is 13.1. The molecule has 1 aromatic heterocycles. The largest absolute Gasteiger partial charge is 0.497 e. The second-order valence-corrected chi connectivity index (χ2v) is 3.29. The second-order valence-electron chi connectivity index (χ2n) is 3.29. The van der Waals surface area contributed by atoms with Crippen molar-refractivity contribution < 1.29 is 4.74 Å². The molecule has 4 nitrogen and oxygen atoms in total. The molecule has 0 saturated heterocycles. The molecule has 0 aliphatic rings. The van der Waals surface area contributed by atoms with Gasteiger partial charge in [0.05, 0.1) is 24.2 Å². The Morgan fingerprint density at radius 3 is 2.93 bits per heavy atom. The summed E-state index contributed by atoms with van der Waals surface area (Å²) >= 11 is 0. The molecule has 3 N–H and O–H groups in total. The zero-order valence-corrected chi connectivity index (χ0v) is 8.24. The average Bonchev–Trinajstić information content (AvgIpc) is 2.59. The smallest absolute Gasteiger partial charge is 0.123 e. The number of nitrogens with one attached hydrogen (secondary N) is 1. The van der Waals surface area contributed by atoms with Gasteiger partial charge in [-0.2, -0.15) is 0 Å². The van der Waals surface area contributed by atoms with E-state index < -0.39 is 0 Å². The fourth-order valence-electron chi connectivity index (χ4n) is 1.35. The lowest BCUT2D eigenvalue weighted by molar-refractivity contribution is 0.415. The van der Waals surface area contributed by atoms with Crippen molar-refractivity contribution in [1.82, 2.24) is 9.97 Å². The highest BCUT2D eigenvalue weighted by molar-refractivity contribution is 5.76. The van der Waals surface area contributed by atoms with Crippen molar-refractivity contribution >= 4 is 11.0 Å². The molecule has 4 heteroatoms. The Hall–Kier alpha value is -1.55. The molecule has 0 saturated carbocycles. The summed E-state index contributed by atoms with van der Waals surface area (Å²) in [6.07, 6.45) is 0. The van der Waals surface area contributed by atoms with Gasteiger partial charge in [0.25, 0.3) is 0 Å². The van der Waals surface area contributed by atoms with Gasteiger partial charge in [0.15, 0.2) is 0 Å². The fourth-order valence-corrected chi connectivity index (χ4v) is 1.35. The Kier molecular flexibility index (Phi) is 2.13. The molecule has 1 aromatic carbocycles. The van der Waals surface area contributed by atoms with Gasteiger partial charge in [-0.25, -0.2) is 4.98 Å². The number of nitrogens with two attached hydrogens (primary N) is 1. The van der Waals surface area contributed by atoms with E-state index in [2.05, 4.69) is 9.97 Å². The molecule has 0 aliphatic heterocycles. The van der Waals surface area contributed by atoms with Gasteiger partial charge in [-0.15, -0.1) is 0 Å². The lowest BCUT2D eigenvalue weighted by atomic mass is 10.3. The molecular formula is C10H13N3O. The summed E-state index contributed by atoms with van der Waals surface area (Å²) in [5.41, 5.74) is 7.59. The Morgan fingerprint density at radius 1 is 1.50 bits per heavy atom. The standard InChI is InChI=1S/C10H13N3O/c1-6(11)10-12-8-4-3-7(14-2)5-9(8)13-10/h3-6H,11H2,1-2H3,(H,12,13). The lowest BCUT2D eigenvalue weighted by Gasteiger charge is -1.97.